The normalized spacial score (nSPS) is 11.5. The number of carbonyl (C=O) groups is 3. The lowest BCUT2D eigenvalue weighted by molar-refractivity contribution is -0.138. The van der Waals surface area contributed by atoms with Crippen molar-refractivity contribution >= 4 is 17.8 Å². The fourth-order valence-corrected chi connectivity index (χ4v) is 1.48. The van der Waals surface area contributed by atoms with Gasteiger partial charge in [-0.2, -0.15) is 0 Å². The van der Waals surface area contributed by atoms with E-state index in [4.69, 9.17) is 5.11 Å². The summed E-state index contributed by atoms with van der Waals surface area (Å²) in [6.07, 6.45) is 0.821. The second-order valence-electron chi connectivity index (χ2n) is 4.37. The van der Waals surface area contributed by atoms with Gasteiger partial charge in [-0.05, 0) is 31.5 Å². The third-order valence-corrected chi connectivity index (χ3v) is 2.64. The van der Waals surface area contributed by atoms with E-state index in [9.17, 15) is 14.4 Å². The van der Waals surface area contributed by atoms with Crippen LogP contribution in [0, 0.1) is 0 Å². The highest BCUT2D eigenvalue weighted by molar-refractivity contribution is 6.00. The predicted molar refractivity (Wildman–Crippen MR) is 73.6 cm³/mol. The molecule has 0 saturated heterocycles. The minimum atomic E-state index is -1.12. The van der Waals surface area contributed by atoms with Crippen molar-refractivity contribution in [2.45, 2.75) is 26.3 Å². The Morgan fingerprint density at radius 2 is 1.80 bits per heavy atom. The summed E-state index contributed by atoms with van der Waals surface area (Å²) in [5.74, 6) is -1.90. The summed E-state index contributed by atoms with van der Waals surface area (Å²) < 4.78 is 0. The summed E-state index contributed by atoms with van der Waals surface area (Å²) in [7, 11) is 0. The molecule has 1 atom stereocenters. The Morgan fingerprint density at radius 3 is 2.35 bits per heavy atom. The zero-order valence-corrected chi connectivity index (χ0v) is 11.5. The summed E-state index contributed by atoms with van der Waals surface area (Å²) in [5, 5.41) is 13.8. The highest BCUT2D eigenvalue weighted by atomic mass is 16.4. The molecule has 0 spiro atoms. The maximum absolute atomic E-state index is 11.8. The molecule has 2 amide bonds. The van der Waals surface area contributed by atoms with Crippen molar-refractivity contribution in [3.63, 3.8) is 0 Å². The third-order valence-electron chi connectivity index (χ3n) is 2.64. The monoisotopic (exact) mass is 278 g/mol. The smallest absolute Gasteiger partial charge is 0.325 e. The van der Waals surface area contributed by atoms with Gasteiger partial charge in [0.05, 0.1) is 0 Å². The standard InChI is InChI=1S/C14H18N2O4/c1-3-7-15-12(17)10-5-4-6-11(8-10)13(18)16-9(2)14(19)20/h4-6,8-9H,3,7H2,1-2H3,(H,15,17)(H,16,18)(H,19,20). The molecule has 1 rings (SSSR count). The summed E-state index contributed by atoms with van der Waals surface area (Å²) in [6.45, 7) is 3.88. The lowest BCUT2D eigenvalue weighted by atomic mass is 10.1. The lowest BCUT2D eigenvalue weighted by Gasteiger charge is -2.10. The van der Waals surface area contributed by atoms with Gasteiger partial charge in [0.2, 0.25) is 0 Å². The molecule has 0 heterocycles. The molecule has 1 unspecified atom stereocenters. The van der Waals surface area contributed by atoms with Crippen molar-refractivity contribution in [1.82, 2.24) is 10.6 Å². The Morgan fingerprint density at radius 1 is 1.20 bits per heavy atom. The maximum Gasteiger partial charge on any atom is 0.325 e. The number of carboxylic acids is 1. The number of benzene rings is 1. The van der Waals surface area contributed by atoms with Gasteiger partial charge in [0, 0.05) is 17.7 Å². The van der Waals surface area contributed by atoms with Crippen LogP contribution in [0.1, 0.15) is 41.0 Å². The van der Waals surface area contributed by atoms with E-state index < -0.39 is 17.9 Å². The number of nitrogens with one attached hydrogen (secondary N) is 2. The summed E-state index contributed by atoms with van der Waals surface area (Å²) in [5.41, 5.74) is 0.622. The molecule has 0 aromatic heterocycles. The number of carbonyl (C=O) groups excluding carboxylic acids is 2. The Balaban J connectivity index is 2.79. The van der Waals surface area contributed by atoms with Crippen LogP contribution in [0.2, 0.25) is 0 Å². The topological polar surface area (TPSA) is 95.5 Å². The van der Waals surface area contributed by atoms with Gasteiger partial charge in [-0.25, -0.2) is 0 Å². The summed E-state index contributed by atoms with van der Waals surface area (Å²) in [6, 6.07) is 5.17. The van der Waals surface area contributed by atoms with Crippen molar-refractivity contribution in [3.8, 4) is 0 Å². The molecule has 6 nitrogen and oxygen atoms in total. The Bertz CT molecular complexity index is 514. The van der Waals surface area contributed by atoms with Crippen LogP contribution in [0.3, 0.4) is 0 Å². The highest BCUT2D eigenvalue weighted by Gasteiger charge is 2.16. The number of aliphatic carboxylic acids is 1. The summed E-state index contributed by atoms with van der Waals surface area (Å²) >= 11 is 0. The van der Waals surface area contributed by atoms with Crippen LogP contribution in [0.25, 0.3) is 0 Å². The Kier molecular flexibility index (Phi) is 5.71. The number of hydrogen-bond acceptors (Lipinski definition) is 3. The second kappa shape index (κ2) is 7.28. The molecule has 108 valence electrons. The summed E-state index contributed by atoms with van der Waals surface area (Å²) in [4.78, 5) is 34.3. The van der Waals surface area contributed by atoms with E-state index in [2.05, 4.69) is 10.6 Å². The zero-order chi connectivity index (χ0) is 15.1. The molecular weight excluding hydrogens is 260 g/mol. The van der Waals surface area contributed by atoms with E-state index in [0.717, 1.165) is 6.42 Å². The molecule has 0 aliphatic rings. The molecule has 0 aliphatic carbocycles. The first-order chi connectivity index (χ1) is 9.45. The van der Waals surface area contributed by atoms with Gasteiger partial charge >= 0.3 is 5.97 Å². The quantitative estimate of drug-likeness (QED) is 0.724. The minimum absolute atomic E-state index is 0.252. The Hall–Kier alpha value is -2.37. The molecule has 0 fully saturated rings. The largest absolute Gasteiger partial charge is 0.480 e. The van der Waals surface area contributed by atoms with E-state index in [1.165, 1.54) is 19.1 Å². The van der Waals surface area contributed by atoms with Gasteiger partial charge in [0.1, 0.15) is 6.04 Å². The molecule has 1 aromatic carbocycles. The SMILES string of the molecule is CCCNC(=O)c1cccc(C(=O)NC(C)C(=O)O)c1. The van der Waals surface area contributed by atoms with Crippen molar-refractivity contribution in [1.29, 1.82) is 0 Å². The third kappa shape index (κ3) is 4.38. The van der Waals surface area contributed by atoms with Crippen molar-refractivity contribution in [2.24, 2.45) is 0 Å². The molecule has 0 aliphatic heterocycles. The second-order valence-corrected chi connectivity index (χ2v) is 4.37. The molecular formula is C14H18N2O4. The van der Waals surface area contributed by atoms with E-state index >= 15 is 0 Å². The number of hydrogen-bond donors (Lipinski definition) is 3. The van der Waals surface area contributed by atoms with Crippen LogP contribution in [0.4, 0.5) is 0 Å². The predicted octanol–water partition coefficient (Wildman–Crippen LogP) is 1.03. The molecule has 0 radical (unpaired) electrons. The molecule has 3 N–H and O–H groups in total. The molecule has 0 bridgehead atoms. The van der Waals surface area contributed by atoms with Gasteiger partial charge in [0.25, 0.3) is 11.8 Å². The number of amides is 2. The van der Waals surface area contributed by atoms with Gasteiger partial charge in [-0.1, -0.05) is 13.0 Å². The first kappa shape index (κ1) is 15.7. The highest BCUT2D eigenvalue weighted by Crippen LogP contribution is 2.06. The van der Waals surface area contributed by atoms with E-state index in [-0.39, 0.29) is 11.5 Å². The average Bonchev–Trinajstić information content (AvgIpc) is 2.44. The Labute approximate surface area is 117 Å². The number of carboxylic acid groups (broad SMARTS) is 1. The number of rotatable bonds is 6. The first-order valence-electron chi connectivity index (χ1n) is 6.37. The fourth-order valence-electron chi connectivity index (χ4n) is 1.48. The molecule has 20 heavy (non-hydrogen) atoms. The van der Waals surface area contributed by atoms with Crippen LogP contribution < -0.4 is 10.6 Å². The van der Waals surface area contributed by atoms with Crippen LogP contribution in [-0.2, 0) is 4.79 Å². The van der Waals surface area contributed by atoms with Crippen LogP contribution in [-0.4, -0.2) is 35.5 Å². The first-order valence-corrected chi connectivity index (χ1v) is 6.37. The lowest BCUT2D eigenvalue weighted by Crippen LogP contribution is -2.38. The van der Waals surface area contributed by atoms with Crippen LogP contribution in [0.5, 0.6) is 0 Å². The van der Waals surface area contributed by atoms with Gasteiger partial charge < -0.3 is 15.7 Å². The molecule has 0 saturated carbocycles. The van der Waals surface area contributed by atoms with Crippen molar-refractivity contribution in [2.75, 3.05) is 6.54 Å². The average molecular weight is 278 g/mol. The van der Waals surface area contributed by atoms with Crippen molar-refractivity contribution in [3.05, 3.63) is 35.4 Å². The zero-order valence-electron chi connectivity index (χ0n) is 11.5. The fraction of sp³-hybridized carbons (Fsp3) is 0.357. The van der Waals surface area contributed by atoms with Crippen molar-refractivity contribution < 1.29 is 19.5 Å². The maximum atomic E-state index is 11.8. The van der Waals surface area contributed by atoms with E-state index in [0.29, 0.717) is 12.1 Å². The molecule has 1 aromatic rings. The van der Waals surface area contributed by atoms with E-state index in [1.807, 2.05) is 6.92 Å². The molecule has 6 heteroatoms. The minimum Gasteiger partial charge on any atom is -0.480 e. The van der Waals surface area contributed by atoms with E-state index in [1.54, 1.807) is 12.1 Å². The van der Waals surface area contributed by atoms with Gasteiger partial charge in [-0.15, -0.1) is 0 Å². The van der Waals surface area contributed by atoms with Gasteiger partial charge in [0.15, 0.2) is 0 Å². The van der Waals surface area contributed by atoms with Gasteiger partial charge in [-0.3, -0.25) is 14.4 Å². The van der Waals surface area contributed by atoms with Crippen LogP contribution in [0.15, 0.2) is 24.3 Å². The van der Waals surface area contributed by atoms with Crippen LogP contribution >= 0.6 is 0 Å².